The topological polar surface area (TPSA) is 69.0 Å². The Balaban J connectivity index is 1.31. The van der Waals surface area contributed by atoms with Crippen molar-refractivity contribution in [3.05, 3.63) is 66.0 Å². The maximum Gasteiger partial charge on any atom is 0.237 e. The van der Waals surface area contributed by atoms with Gasteiger partial charge in [-0.2, -0.15) is 0 Å². The van der Waals surface area contributed by atoms with E-state index in [0.717, 1.165) is 40.8 Å². The van der Waals surface area contributed by atoms with Gasteiger partial charge in [-0.3, -0.25) is 4.79 Å². The minimum atomic E-state index is -0.273. The van der Waals surface area contributed by atoms with E-state index < -0.39 is 0 Å². The lowest BCUT2D eigenvalue weighted by atomic mass is 10.2. The van der Waals surface area contributed by atoms with Crippen LogP contribution in [0.4, 0.5) is 5.69 Å². The molecule has 1 N–H and O–H groups in total. The molecule has 1 unspecified atom stereocenters. The summed E-state index contributed by atoms with van der Waals surface area (Å²) in [6, 6.07) is 17.9. The third-order valence-corrected chi connectivity index (χ3v) is 5.83. The number of rotatable bonds is 8. The van der Waals surface area contributed by atoms with Gasteiger partial charge in [0.15, 0.2) is 5.16 Å². The van der Waals surface area contributed by atoms with Crippen LogP contribution in [0.15, 0.2) is 59.8 Å². The molecule has 4 rings (SSSR count). The number of aromatic nitrogens is 3. The first-order valence-corrected chi connectivity index (χ1v) is 10.6. The lowest BCUT2D eigenvalue weighted by Gasteiger charge is -2.13. The Hall–Kier alpha value is -2.80. The molecule has 1 aliphatic carbocycles. The smallest absolute Gasteiger partial charge is 0.237 e. The highest BCUT2D eigenvalue weighted by atomic mass is 32.2. The van der Waals surface area contributed by atoms with Gasteiger partial charge >= 0.3 is 0 Å². The van der Waals surface area contributed by atoms with Crippen molar-refractivity contribution in [2.45, 2.75) is 49.7 Å². The van der Waals surface area contributed by atoms with Crippen LogP contribution in [0.3, 0.4) is 0 Å². The second-order valence-corrected chi connectivity index (χ2v) is 8.49. The van der Waals surface area contributed by atoms with Crippen molar-refractivity contribution < 1.29 is 9.53 Å². The van der Waals surface area contributed by atoms with E-state index in [0.29, 0.717) is 12.6 Å². The molecule has 1 saturated carbocycles. The minimum Gasteiger partial charge on any atom is -0.489 e. The molecule has 1 atom stereocenters. The average Bonchev–Trinajstić information content (AvgIpc) is 3.51. The molecular weight excluding hydrogens is 384 g/mol. The van der Waals surface area contributed by atoms with Crippen LogP contribution in [-0.2, 0) is 11.4 Å². The zero-order valence-corrected chi connectivity index (χ0v) is 17.4. The van der Waals surface area contributed by atoms with Gasteiger partial charge in [0.25, 0.3) is 0 Å². The summed E-state index contributed by atoms with van der Waals surface area (Å²) in [6.07, 6.45) is 2.32. The summed E-state index contributed by atoms with van der Waals surface area (Å²) in [5, 5.41) is 11.9. The normalized spacial score (nSPS) is 14.4. The van der Waals surface area contributed by atoms with Crippen LogP contribution in [0, 0.1) is 6.92 Å². The van der Waals surface area contributed by atoms with Crippen molar-refractivity contribution >= 4 is 23.4 Å². The lowest BCUT2D eigenvalue weighted by Crippen LogP contribution is -2.22. The first-order chi connectivity index (χ1) is 14.1. The van der Waals surface area contributed by atoms with E-state index in [1.807, 2.05) is 68.4 Å². The number of amides is 1. The summed E-state index contributed by atoms with van der Waals surface area (Å²) in [5.74, 6) is 1.62. The summed E-state index contributed by atoms with van der Waals surface area (Å²) in [7, 11) is 0. The van der Waals surface area contributed by atoms with Crippen LogP contribution >= 0.6 is 11.8 Å². The van der Waals surface area contributed by atoms with Crippen LogP contribution in [0.5, 0.6) is 5.75 Å². The van der Waals surface area contributed by atoms with Crippen molar-refractivity contribution in [1.29, 1.82) is 0 Å². The van der Waals surface area contributed by atoms with E-state index in [4.69, 9.17) is 4.74 Å². The van der Waals surface area contributed by atoms with E-state index >= 15 is 0 Å². The molecule has 1 heterocycles. The van der Waals surface area contributed by atoms with Crippen LogP contribution in [0.2, 0.25) is 0 Å². The van der Waals surface area contributed by atoms with E-state index in [1.54, 1.807) is 0 Å². The van der Waals surface area contributed by atoms with Crippen molar-refractivity contribution in [1.82, 2.24) is 14.8 Å². The number of nitrogens with one attached hydrogen (secondary N) is 1. The third-order valence-electron chi connectivity index (χ3n) is 4.77. The Morgan fingerprint density at radius 1 is 1.17 bits per heavy atom. The first kappa shape index (κ1) is 19.5. The van der Waals surface area contributed by atoms with Crippen LogP contribution in [-0.4, -0.2) is 25.9 Å². The summed E-state index contributed by atoms with van der Waals surface area (Å²) in [6.45, 7) is 4.36. The van der Waals surface area contributed by atoms with Crippen molar-refractivity contribution in [3.8, 4) is 5.75 Å². The number of benzene rings is 2. The molecule has 0 radical (unpaired) electrons. The SMILES string of the molecule is Cc1nnc(SC(C)C(=O)Nc2ccc(OCc3ccccc3)cc2)n1C1CC1. The van der Waals surface area contributed by atoms with Gasteiger partial charge in [-0.15, -0.1) is 10.2 Å². The zero-order chi connectivity index (χ0) is 20.2. The van der Waals surface area contributed by atoms with Crippen molar-refractivity contribution in [2.24, 2.45) is 0 Å². The molecule has 0 spiro atoms. The molecule has 3 aromatic rings. The Kier molecular flexibility index (Phi) is 5.85. The highest BCUT2D eigenvalue weighted by molar-refractivity contribution is 8.00. The fraction of sp³-hybridized carbons (Fsp3) is 0.318. The quantitative estimate of drug-likeness (QED) is 0.551. The maximum atomic E-state index is 12.6. The fourth-order valence-corrected chi connectivity index (χ4v) is 3.98. The van der Waals surface area contributed by atoms with Gasteiger partial charge in [0.05, 0.1) is 5.25 Å². The predicted molar refractivity (Wildman–Crippen MR) is 114 cm³/mol. The Morgan fingerprint density at radius 3 is 2.59 bits per heavy atom. The summed E-state index contributed by atoms with van der Waals surface area (Å²) in [5.41, 5.74) is 1.86. The van der Waals surface area contributed by atoms with E-state index in [1.165, 1.54) is 11.8 Å². The van der Waals surface area contributed by atoms with Crippen LogP contribution < -0.4 is 10.1 Å². The van der Waals surface area contributed by atoms with Gasteiger partial charge in [-0.05, 0) is 56.5 Å². The number of aryl methyl sites for hydroxylation is 1. The highest BCUT2D eigenvalue weighted by Crippen LogP contribution is 2.39. The first-order valence-electron chi connectivity index (χ1n) is 9.76. The van der Waals surface area contributed by atoms with E-state index in [2.05, 4.69) is 20.1 Å². The van der Waals surface area contributed by atoms with E-state index in [9.17, 15) is 4.79 Å². The maximum absolute atomic E-state index is 12.6. The van der Waals surface area contributed by atoms with Gasteiger partial charge in [0.1, 0.15) is 18.2 Å². The zero-order valence-electron chi connectivity index (χ0n) is 16.5. The number of ether oxygens (including phenoxy) is 1. The number of hydrogen-bond donors (Lipinski definition) is 1. The Bertz CT molecular complexity index is 968. The second kappa shape index (κ2) is 8.69. The van der Waals surface area contributed by atoms with Gasteiger partial charge in [0, 0.05) is 11.7 Å². The Labute approximate surface area is 174 Å². The molecule has 7 heteroatoms. The van der Waals surface area contributed by atoms with Gasteiger partial charge in [-0.25, -0.2) is 0 Å². The molecule has 150 valence electrons. The Morgan fingerprint density at radius 2 is 1.90 bits per heavy atom. The molecule has 2 aromatic carbocycles. The van der Waals surface area contributed by atoms with Crippen molar-refractivity contribution in [3.63, 3.8) is 0 Å². The molecule has 1 aliphatic rings. The van der Waals surface area contributed by atoms with E-state index in [-0.39, 0.29) is 11.2 Å². The number of thioether (sulfide) groups is 1. The van der Waals surface area contributed by atoms with Crippen LogP contribution in [0.1, 0.15) is 37.2 Å². The molecule has 6 nitrogen and oxygen atoms in total. The van der Waals surface area contributed by atoms with Crippen LogP contribution in [0.25, 0.3) is 0 Å². The van der Waals surface area contributed by atoms with Gasteiger partial charge < -0.3 is 14.6 Å². The average molecular weight is 409 g/mol. The number of carbonyl (C=O) groups excluding carboxylic acids is 1. The van der Waals surface area contributed by atoms with Gasteiger partial charge in [0.2, 0.25) is 5.91 Å². The van der Waals surface area contributed by atoms with Crippen molar-refractivity contribution in [2.75, 3.05) is 5.32 Å². The number of nitrogens with zero attached hydrogens (tertiary/aromatic N) is 3. The molecular formula is C22H24N4O2S. The summed E-state index contributed by atoms with van der Waals surface area (Å²) >= 11 is 1.45. The fourth-order valence-electron chi connectivity index (χ4n) is 3.01. The third kappa shape index (κ3) is 4.98. The largest absolute Gasteiger partial charge is 0.489 e. The molecule has 0 aliphatic heterocycles. The minimum absolute atomic E-state index is 0.0593. The molecule has 0 bridgehead atoms. The highest BCUT2D eigenvalue weighted by Gasteiger charge is 2.29. The summed E-state index contributed by atoms with van der Waals surface area (Å²) < 4.78 is 7.93. The monoisotopic (exact) mass is 408 g/mol. The lowest BCUT2D eigenvalue weighted by molar-refractivity contribution is -0.115. The second-order valence-electron chi connectivity index (χ2n) is 7.18. The molecule has 1 amide bonds. The molecule has 0 saturated heterocycles. The predicted octanol–water partition coefficient (Wildman–Crippen LogP) is 4.62. The molecule has 1 fully saturated rings. The number of anilines is 1. The summed E-state index contributed by atoms with van der Waals surface area (Å²) in [4.78, 5) is 12.6. The number of hydrogen-bond acceptors (Lipinski definition) is 5. The number of carbonyl (C=O) groups is 1. The standard InChI is InChI=1S/C22H24N4O2S/c1-15(29-22-25-24-16(2)26(22)19-10-11-19)21(27)23-18-8-12-20(13-9-18)28-14-17-6-4-3-5-7-17/h3-9,12-13,15,19H,10-11,14H2,1-2H3,(H,23,27). The molecule has 29 heavy (non-hydrogen) atoms. The molecule has 1 aromatic heterocycles. The van der Waals surface area contributed by atoms with Gasteiger partial charge in [-0.1, -0.05) is 42.1 Å².